The number of nitrogens with one attached hydrogen (secondary N) is 1. The highest BCUT2D eigenvalue weighted by molar-refractivity contribution is 5.64. The molecule has 7 nitrogen and oxygen atoms in total. The lowest BCUT2D eigenvalue weighted by Crippen LogP contribution is -2.02. The molecule has 2 rings (SSSR count). The van der Waals surface area contributed by atoms with Gasteiger partial charge >= 0.3 is 0 Å². The van der Waals surface area contributed by atoms with Crippen LogP contribution in [0.15, 0.2) is 28.8 Å². The maximum atomic E-state index is 10.9. The SMILES string of the molecule is Cc1cc(CNc2ccc(C#N)cc2[N+](=O)[O-])on1. The number of aryl methyl sites for hydroxylation is 1. The van der Waals surface area contributed by atoms with Crippen LogP contribution in [0.2, 0.25) is 0 Å². The van der Waals surface area contributed by atoms with Gasteiger partial charge in [-0.2, -0.15) is 5.26 Å². The van der Waals surface area contributed by atoms with E-state index < -0.39 is 4.92 Å². The molecule has 0 fully saturated rings. The zero-order valence-electron chi connectivity index (χ0n) is 10.1. The molecule has 0 saturated heterocycles. The Morgan fingerprint density at radius 1 is 1.53 bits per heavy atom. The average molecular weight is 258 g/mol. The summed E-state index contributed by atoms with van der Waals surface area (Å²) < 4.78 is 5.00. The fourth-order valence-corrected chi connectivity index (χ4v) is 1.58. The van der Waals surface area contributed by atoms with Crippen LogP contribution < -0.4 is 5.32 Å². The number of hydrogen-bond acceptors (Lipinski definition) is 6. The van der Waals surface area contributed by atoms with Gasteiger partial charge in [0, 0.05) is 12.1 Å². The molecule has 0 aliphatic heterocycles. The van der Waals surface area contributed by atoms with Gasteiger partial charge in [0.2, 0.25) is 0 Å². The molecule has 0 saturated carbocycles. The molecular weight excluding hydrogens is 248 g/mol. The Hall–Kier alpha value is -2.88. The Labute approximate surface area is 108 Å². The monoisotopic (exact) mass is 258 g/mol. The van der Waals surface area contributed by atoms with E-state index in [1.165, 1.54) is 18.2 Å². The van der Waals surface area contributed by atoms with Crippen molar-refractivity contribution in [2.75, 3.05) is 5.32 Å². The number of nitriles is 1. The molecule has 2 aromatic rings. The van der Waals surface area contributed by atoms with Crippen LogP contribution in [0, 0.1) is 28.4 Å². The van der Waals surface area contributed by atoms with Gasteiger partial charge in [-0.1, -0.05) is 5.16 Å². The van der Waals surface area contributed by atoms with Gasteiger partial charge in [-0.3, -0.25) is 10.1 Å². The van der Waals surface area contributed by atoms with Crippen LogP contribution in [0.1, 0.15) is 17.0 Å². The zero-order valence-corrected chi connectivity index (χ0v) is 10.1. The van der Waals surface area contributed by atoms with Crippen LogP contribution in [0.5, 0.6) is 0 Å². The average Bonchev–Trinajstić information content (AvgIpc) is 2.82. The van der Waals surface area contributed by atoms with Crippen molar-refractivity contribution in [1.82, 2.24) is 5.16 Å². The summed E-state index contributed by atoms with van der Waals surface area (Å²) in [7, 11) is 0. The van der Waals surface area contributed by atoms with Crippen molar-refractivity contribution in [2.45, 2.75) is 13.5 Å². The van der Waals surface area contributed by atoms with E-state index in [4.69, 9.17) is 9.78 Å². The van der Waals surface area contributed by atoms with Crippen LogP contribution in [0.3, 0.4) is 0 Å². The van der Waals surface area contributed by atoms with E-state index in [1.807, 2.05) is 6.07 Å². The van der Waals surface area contributed by atoms with E-state index >= 15 is 0 Å². The maximum absolute atomic E-state index is 10.9. The predicted molar refractivity (Wildman–Crippen MR) is 66.4 cm³/mol. The molecule has 1 aromatic heterocycles. The van der Waals surface area contributed by atoms with Crippen LogP contribution in [-0.4, -0.2) is 10.1 Å². The summed E-state index contributed by atoms with van der Waals surface area (Å²) in [4.78, 5) is 10.4. The third-order valence-electron chi connectivity index (χ3n) is 2.45. The molecule has 0 unspecified atom stereocenters. The lowest BCUT2D eigenvalue weighted by Gasteiger charge is -2.04. The summed E-state index contributed by atoms with van der Waals surface area (Å²) >= 11 is 0. The standard InChI is InChI=1S/C12H10N4O3/c1-8-4-10(19-15-8)7-14-11-3-2-9(6-13)5-12(11)16(17)18/h2-5,14H,7H2,1H3. The van der Waals surface area contributed by atoms with Crippen molar-refractivity contribution in [1.29, 1.82) is 5.26 Å². The second-order valence-electron chi connectivity index (χ2n) is 3.89. The van der Waals surface area contributed by atoms with Gasteiger partial charge < -0.3 is 9.84 Å². The van der Waals surface area contributed by atoms with Gasteiger partial charge in [-0.15, -0.1) is 0 Å². The number of nitro benzene ring substituents is 1. The van der Waals surface area contributed by atoms with E-state index in [-0.39, 0.29) is 17.8 Å². The van der Waals surface area contributed by atoms with E-state index in [0.29, 0.717) is 11.4 Å². The summed E-state index contributed by atoms with van der Waals surface area (Å²) in [6.07, 6.45) is 0. The molecular formula is C12H10N4O3. The molecule has 1 N–H and O–H groups in total. The minimum atomic E-state index is -0.533. The largest absolute Gasteiger partial charge is 0.372 e. The number of nitro groups is 1. The van der Waals surface area contributed by atoms with Gasteiger partial charge in [0.25, 0.3) is 5.69 Å². The van der Waals surface area contributed by atoms with Gasteiger partial charge in [-0.05, 0) is 19.1 Å². The minimum absolute atomic E-state index is 0.143. The first-order valence-corrected chi connectivity index (χ1v) is 5.45. The number of hydrogen-bond donors (Lipinski definition) is 1. The molecule has 0 spiro atoms. The smallest absolute Gasteiger partial charge is 0.293 e. The normalized spacial score (nSPS) is 9.89. The maximum Gasteiger partial charge on any atom is 0.293 e. The molecule has 0 bridgehead atoms. The first-order chi connectivity index (χ1) is 9.10. The Balaban J connectivity index is 2.20. The topological polar surface area (TPSA) is 105 Å². The van der Waals surface area contributed by atoms with Crippen LogP contribution >= 0.6 is 0 Å². The van der Waals surface area contributed by atoms with E-state index in [1.54, 1.807) is 13.0 Å². The quantitative estimate of drug-likeness (QED) is 0.666. The molecule has 19 heavy (non-hydrogen) atoms. The van der Waals surface area contributed by atoms with Crippen molar-refractivity contribution in [2.24, 2.45) is 0 Å². The highest BCUT2D eigenvalue weighted by atomic mass is 16.6. The first kappa shape index (κ1) is 12.6. The number of benzene rings is 1. The predicted octanol–water partition coefficient (Wildman–Crippen LogP) is 2.38. The Morgan fingerprint density at radius 2 is 2.32 bits per heavy atom. The van der Waals surface area contributed by atoms with Crippen molar-refractivity contribution in [3.63, 3.8) is 0 Å². The lowest BCUT2D eigenvalue weighted by atomic mass is 10.2. The fraction of sp³-hybridized carbons (Fsp3) is 0.167. The zero-order chi connectivity index (χ0) is 13.8. The van der Waals surface area contributed by atoms with Crippen molar-refractivity contribution >= 4 is 11.4 Å². The summed E-state index contributed by atoms with van der Waals surface area (Å²) in [5.41, 5.74) is 1.17. The molecule has 0 atom stereocenters. The highest BCUT2D eigenvalue weighted by Crippen LogP contribution is 2.25. The van der Waals surface area contributed by atoms with Crippen LogP contribution in [-0.2, 0) is 6.54 Å². The number of aromatic nitrogens is 1. The van der Waals surface area contributed by atoms with Crippen LogP contribution in [0.25, 0.3) is 0 Å². The molecule has 0 radical (unpaired) electrons. The van der Waals surface area contributed by atoms with Gasteiger partial charge in [0.1, 0.15) is 5.69 Å². The number of anilines is 1. The molecule has 96 valence electrons. The van der Waals surface area contributed by atoms with Crippen molar-refractivity contribution in [3.8, 4) is 6.07 Å². The van der Waals surface area contributed by atoms with Crippen LogP contribution in [0.4, 0.5) is 11.4 Å². The molecule has 0 amide bonds. The Bertz CT molecular complexity index is 657. The summed E-state index contributed by atoms with van der Waals surface area (Å²) in [6, 6.07) is 7.85. The van der Waals surface area contributed by atoms with Crippen molar-refractivity contribution in [3.05, 3.63) is 51.4 Å². The molecule has 7 heteroatoms. The lowest BCUT2D eigenvalue weighted by molar-refractivity contribution is -0.384. The summed E-state index contributed by atoms with van der Waals surface area (Å²) in [6.45, 7) is 2.07. The van der Waals surface area contributed by atoms with Gasteiger partial charge in [-0.25, -0.2) is 0 Å². The summed E-state index contributed by atoms with van der Waals surface area (Å²) in [5, 5.41) is 26.3. The molecule has 1 aromatic carbocycles. The molecule has 0 aliphatic carbocycles. The van der Waals surface area contributed by atoms with E-state index in [2.05, 4.69) is 10.5 Å². The highest BCUT2D eigenvalue weighted by Gasteiger charge is 2.14. The van der Waals surface area contributed by atoms with E-state index in [9.17, 15) is 10.1 Å². The third-order valence-corrected chi connectivity index (χ3v) is 2.45. The Kier molecular flexibility index (Phi) is 3.43. The third kappa shape index (κ3) is 2.87. The van der Waals surface area contributed by atoms with Gasteiger partial charge in [0.05, 0.1) is 28.8 Å². The Morgan fingerprint density at radius 3 is 2.89 bits per heavy atom. The fourth-order valence-electron chi connectivity index (χ4n) is 1.58. The second-order valence-corrected chi connectivity index (χ2v) is 3.89. The number of rotatable bonds is 4. The molecule has 1 heterocycles. The molecule has 0 aliphatic rings. The number of nitrogens with zero attached hydrogens (tertiary/aromatic N) is 3. The summed E-state index contributed by atoms with van der Waals surface area (Å²) in [5.74, 6) is 0.580. The van der Waals surface area contributed by atoms with E-state index in [0.717, 1.165) is 5.69 Å². The van der Waals surface area contributed by atoms with Gasteiger partial charge in [0.15, 0.2) is 5.76 Å². The van der Waals surface area contributed by atoms with Crippen molar-refractivity contribution < 1.29 is 9.45 Å². The minimum Gasteiger partial charge on any atom is -0.372 e. The first-order valence-electron chi connectivity index (χ1n) is 5.45. The second kappa shape index (κ2) is 5.18.